The summed E-state index contributed by atoms with van der Waals surface area (Å²) in [6.07, 6.45) is 1.65. The number of nitrogens with zero attached hydrogens (tertiary/aromatic N) is 6. The second kappa shape index (κ2) is 13.2. The van der Waals surface area contributed by atoms with Crippen LogP contribution in [0.15, 0.2) is 115 Å². The van der Waals surface area contributed by atoms with Crippen molar-refractivity contribution in [3.8, 4) is 0 Å². The maximum atomic E-state index is 14.5. The lowest BCUT2D eigenvalue weighted by Gasteiger charge is -2.32. The first-order valence-electron chi connectivity index (χ1n) is 15.3. The average molecular weight is 612 g/mol. The van der Waals surface area contributed by atoms with Crippen molar-refractivity contribution >= 4 is 45.1 Å². The predicted molar refractivity (Wildman–Crippen MR) is 177 cm³/mol. The van der Waals surface area contributed by atoms with Crippen LogP contribution in [-0.2, 0) is 27.4 Å². The summed E-state index contributed by atoms with van der Waals surface area (Å²) in [5, 5.41) is 12.4. The summed E-state index contributed by atoms with van der Waals surface area (Å²) in [6.45, 7) is 3.11. The van der Waals surface area contributed by atoms with Gasteiger partial charge in [0.1, 0.15) is 18.1 Å². The van der Waals surface area contributed by atoms with E-state index in [1.54, 1.807) is 15.8 Å². The van der Waals surface area contributed by atoms with Gasteiger partial charge in [0.25, 0.3) is 0 Å². The lowest BCUT2D eigenvalue weighted by molar-refractivity contribution is -0.127. The number of amides is 2. The summed E-state index contributed by atoms with van der Waals surface area (Å²) in [5.41, 5.74) is 5.38. The number of hydrogen-bond acceptors (Lipinski definition) is 7. The fourth-order valence-corrected chi connectivity index (χ4v) is 5.86. The highest BCUT2D eigenvalue weighted by molar-refractivity contribution is 6.02. The van der Waals surface area contributed by atoms with E-state index >= 15 is 0 Å². The number of benzene rings is 4. The van der Waals surface area contributed by atoms with E-state index in [0.29, 0.717) is 36.5 Å². The summed E-state index contributed by atoms with van der Waals surface area (Å²) in [6, 6.07) is 33.7. The van der Waals surface area contributed by atoms with E-state index in [1.165, 1.54) is 0 Å². The number of hydrogen-bond donors (Lipinski definition) is 1. The van der Waals surface area contributed by atoms with Crippen molar-refractivity contribution in [1.29, 1.82) is 0 Å². The lowest BCUT2D eigenvalue weighted by atomic mass is 10.0. The highest BCUT2D eigenvalue weighted by Gasteiger charge is 2.34. The second-order valence-electron chi connectivity index (χ2n) is 11.2. The molecule has 0 saturated carbocycles. The van der Waals surface area contributed by atoms with Gasteiger partial charge in [-0.25, -0.2) is 4.68 Å². The largest absolute Gasteiger partial charge is 0.378 e. The van der Waals surface area contributed by atoms with Crippen LogP contribution in [0.1, 0.15) is 17.2 Å². The minimum Gasteiger partial charge on any atom is -0.378 e. The zero-order valence-corrected chi connectivity index (χ0v) is 25.2. The number of rotatable bonds is 9. The van der Waals surface area contributed by atoms with Crippen LogP contribution < -0.4 is 15.1 Å². The molecule has 10 nitrogen and oxygen atoms in total. The van der Waals surface area contributed by atoms with Crippen molar-refractivity contribution < 1.29 is 14.3 Å². The number of morpholine rings is 1. The summed E-state index contributed by atoms with van der Waals surface area (Å²) < 4.78 is 7.10. The number of aromatic nitrogens is 4. The van der Waals surface area contributed by atoms with Gasteiger partial charge in [-0.2, -0.15) is 0 Å². The van der Waals surface area contributed by atoms with Crippen LogP contribution in [0, 0.1) is 0 Å². The first-order valence-corrected chi connectivity index (χ1v) is 15.3. The molecule has 6 aromatic rings. The third-order valence-corrected chi connectivity index (χ3v) is 8.23. The minimum atomic E-state index is -0.993. The summed E-state index contributed by atoms with van der Waals surface area (Å²) >= 11 is 0. The zero-order chi connectivity index (χ0) is 31.3. The highest BCUT2D eigenvalue weighted by atomic mass is 16.5. The number of carbonyl (C=O) groups excluding carboxylic acids is 2. The van der Waals surface area contributed by atoms with Crippen molar-refractivity contribution in [1.82, 2.24) is 25.3 Å². The van der Waals surface area contributed by atoms with Crippen molar-refractivity contribution in [2.24, 2.45) is 0 Å². The van der Waals surface area contributed by atoms with Gasteiger partial charge in [0.05, 0.1) is 36.1 Å². The molecule has 0 bridgehead atoms. The molecule has 1 aliphatic rings. The van der Waals surface area contributed by atoms with Gasteiger partial charge >= 0.3 is 0 Å². The third-order valence-electron chi connectivity index (χ3n) is 8.23. The van der Waals surface area contributed by atoms with E-state index < -0.39 is 6.04 Å². The van der Waals surface area contributed by atoms with E-state index in [9.17, 15) is 9.59 Å². The van der Waals surface area contributed by atoms with Crippen LogP contribution in [0.5, 0.6) is 0 Å². The molecule has 1 saturated heterocycles. The fourth-order valence-electron chi connectivity index (χ4n) is 5.86. The van der Waals surface area contributed by atoms with Crippen molar-refractivity contribution in [2.75, 3.05) is 36.1 Å². The number of fused-ring (bicyclic) bond motifs is 2. The SMILES string of the molecule is O=C(NCc1ccccc1)[C@H](c1ccc(N2CCOCC2)cc1)N(C(=O)Cn1nnc2ccccc21)c1cnc2ccccc2c1. The molecule has 10 heteroatoms. The molecule has 7 rings (SSSR count). The second-order valence-corrected chi connectivity index (χ2v) is 11.2. The molecule has 230 valence electrons. The Hall–Kier alpha value is -5.61. The lowest BCUT2D eigenvalue weighted by Crippen LogP contribution is -2.45. The standard InChI is InChI=1S/C36H33N7O3/c44-34(25-42-33-13-7-6-12-32(33)39-40-42)43(30-22-28-10-4-5-11-31(28)37-24-30)35(36(45)38-23-26-8-2-1-3-9-26)27-14-16-29(17-15-27)41-18-20-46-21-19-41/h1-17,22,24,35H,18-21,23,25H2,(H,38,45)/t35-/m0/s1. The van der Waals surface area contributed by atoms with Crippen LogP contribution in [0.3, 0.4) is 0 Å². The average Bonchev–Trinajstić information content (AvgIpc) is 3.52. The molecule has 0 unspecified atom stereocenters. The molecular formula is C36H33N7O3. The fraction of sp³-hybridized carbons (Fsp3) is 0.194. The Bertz CT molecular complexity index is 1970. The van der Waals surface area contributed by atoms with Gasteiger partial charge in [-0.3, -0.25) is 19.5 Å². The maximum Gasteiger partial charge on any atom is 0.249 e. The van der Waals surface area contributed by atoms with Crippen LogP contribution in [-0.4, -0.2) is 58.1 Å². The Labute approximate surface area is 266 Å². The van der Waals surface area contributed by atoms with Crippen molar-refractivity contribution in [3.63, 3.8) is 0 Å². The molecule has 0 spiro atoms. The van der Waals surface area contributed by atoms with Gasteiger partial charge < -0.3 is 15.0 Å². The normalized spacial score (nSPS) is 13.9. The minimum absolute atomic E-state index is 0.123. The predicted octanol–water partition coefficient (Wildman–Crippen LogP) is 4.91. The molecule has 3 heterocycles. The van der Waals surface area contributed by atoms with Crippen LogP contribution in [0.2, 0.25) is 0 Å². The topological polar surface area (TPSA) is 105 Å². The molecule has 1 atom stereocenters. The Morgan fingerprint density at radius 3 is 2.37 bits per heavy atom. The molecule has 2 amide bonds. The van der Waals surface area contributed by atoms with E-state index in [0.717, 1.165) is 40.8 Å². The van der Waals surface area contributed by atoms with Crippen LogP contribution in [0.25, 0.3) is 21.9 Å². The first kappa shape index (κ1) is 29.1. The van der Waals surface area contributed by atoms with E-state index in [4.69, 9.17) is 4.74 Å². The van der Waals surface area contributed by atoms with Gasteiger partial charge in [0.15, 0.2) is 0 Å². The Balaban J connectivity index is 1.30. The molecule has 0 aliphatic carbocycles. The van der Waals surface area contributed by atoms with Gasteiger partial charge in [0, 0.05) is 30.7 Å². The molecule has 4 aromatic carbocycles. The number of anilines is 2. The monoisotopic (exact) mass is 611 g/mol. The molecule has 1 N–H and O–H groups in total. The summed E-state index contributed by atoms with van der Waals surface area (Å²) in [4.78, 5) is 37.3. The quantitative estimate of drug-likeness (QED) is 0.248. The Morgan fingerprint density at radius 2 is 1.57 bits per heavy atom. The third kappa shape index (κ3) is 6.15. The molecule has 1 fully saturated rings. The summed E-state index contributed by atoms with van der Waals surface area (Å²) in [5.74, 6) is -0.641. The zero-order valence-electron chi connectivity index (χ0n) is 25.2. The van der Waals surface area contributed by atoms with E-state index in [-0.39, 0.29) is 18.4 Å². The summed E-state index contributed by atoms with van der Waals surface area (Å²) in [7, 11) is 0. The molecule has 46 heavy (non-hydrogen) atoms. The number of para-hydroxylation sites is 2. The van der Waals surface area contributed by atoms with Crippen LogP contribution in [0.4, 0.5) is 11.4 Å². The number of ether oxygens (including phenoxy) is 1. The first-order chi connectivity index (χ1) is 22.6. The Kier molecular flexibility index (Phi) is 8.34. The van der Waals surface area contributed by atoms with E-state index in [1.807, 2.05) is 109 Å². The van der Waals surface area contributed by atoms with Crippen molar-refractivity contribution in [2.45, 2.75) is 19.1 Å². The van der Waals surface area contributed by atoms with Crippen LogP contribution >= 0.6 is 0 Å². The highest BCUT2D eigenvalue weighted by Crippen LogP contribution is 2.32. The molecule has 2 aromatic heterocycles. The molecular weight excluding hydrogens is 578 g/mol. The molecule has 1 aliphatic heterocycles. The van der Waals surface area contributed by atoms with Gasteiger partial charge in [-0.05, 0) is 47.5 Å². The van der Waals surface area contributed by atoms with Gasteiger partial charge in [-0.1, -0.05) is 78.0 Å². The smallest absolute Gasteiger partial charge is 0.249 e. The van der Waals surface area contributed by atoms with Gasteiger partial charge in [-0.15, -0.1) is 5.10 Å². The number of carbonyl (C=O) groups is 2. The Morgan fingerprint density at radius 1 is 0.848 bits per heavy atom. The maximum absolute atomic E-state index is 14.5. The number of pyridine rings is 1. The van der Waals surface area contributed by atoms with Crippen molar-refractivity contribution in [3.05, 3.63) is 127 Å². The number of nitrogens with one attached hydrogen (secondary N) is 1. The van der Waals surface area contributed by atoms with Gasteiger partial charge in [0.2, 0.25) is 11.8 Å². The van der Waals surface area contributed by atoms with E-state index in [2.05, 4.69) is 25.5 Å². The molecule has 0 radical (unpaired) electrons.